The maximum atomic E-state index is 13.1. The van der Waals surface area contributed by atoms with E-state index in [0.717, 1.165) is 56.9 Å². The van der Waals surface area contributed by atoms with Gasteiger partial charge >= 0.3 is 0 Å². The highest BCUT2D eigenvalue weighted by atomic mass is 16.1. The fourth-order valence-corrected chi connectivity index (χ4v) is 3.04. The first-order chi connectivity index (χ1) is 13.9. The highest BCUT2D eigenvalue weighted by Gasteiger charge is 2.20. The van der Waals surface area contributed by atoms with E-state index in [4.69, 9.17) is 0 Å². The van der Waals surface area contributed by atoms with Gasteiger partial charge in [-0.05, 0) is 25.6 Å². The van der Waals surface area contributed by atoms with Crippen molar-refractivity contribution in [2.45, 2.75) is 19.8 Å². The van der Waals surface area contributed by atoms with E-state index in [0.29, 0.717) is 5.69 Å². The molecule has 146 valence electrons. The Bertz CT molecular complexity index is 792. The maximum absolute atomic E-state index is 13.1. The van der Waals surface area contributed by atoms with Crippen LogP contribution >= 0.6 is 0 Å². The van der Waals surface area contributed by atoms with E-state index in [9.17, 15) is 4.79 Å². The van der Waals surface area contributed by atoms with Gasteiger partial charge in [-0.3, -0.25) is 4.79 Å². The number of aromatic nitrogens is 2. The van der Waals surface area contributed by atoms with Crippen LogP contribution in [0.15, 0.2) is 41.3 Å². The summed E-state index contributed by atoms with van der Waals surface area (Å²) in [5, 5.41) is 7.81. The molecule has 0 amide bonds. The second-order valence-electron chi connectivity index (χ2n) is 7.11. The summed E-state index contributed by atoms with van der Waals surface area (Å²) in [6.45, 7) is 6.76. The van der Waals surface area contributed by atoms with Crippen LogP contribution in [0.3, 0.4) is 0 Å². The quantitative estimate of drug-likeness (QED) is 0.586. The van der Waals surface area contributed by atoms with Gasteiger partial charge in [0.15, 0.2) is 0 Å². The highest BCUT2D eigenvalue weighted by Crippen LogP contribution is 2.23. The van der Waals surface area contributed by atoms with Gasteiger partial charge in [-0.2, -0.15) is 9.78 Å². The molecule has 3 rings (SSSR count). The number of unbranched alkanes of at least 4 members (excludes halogenated alkanes) is 1. The van der Waals surface area contributed by atoms with Crippen LogP contribution in [0, 0.1) is 0 Å². The third-order valence-corrected chi connectivity index (χ3v) is 4.63. The summed E-state index contributed by atoms with van der Waals surface area (Å²) in [5.41, 5.74) is 2.29. The molecule has 29 heavy (non-hydrogen) atoms. The van der Waals surface area contributed by atoms with Crippen molar-refractivity contribution in [3.05, 3.63) is 46.9 Å². The van der Waals surface area contributed by atoms with Crippen molar-refractivity contribution in [1.29, 1.82) is 0 Å². The molecule has 6 radical (unpaired) electrons. The van der Waals surface area contributed by atoms with E-state index in [2.05, 4.69) is 57.4 Å². The van der Waals surface area contributed by atoms with Gasteiger partial charge in [0.2, 0.25) is 0 Å². The molecule has 0 unspecified atom stereocenters. The van der Waals surface area contributed by atoms with Gasteiger partial charge in [-0.15, -0.1) is 0 Å². The van der Waals surface area contributed by atoms with Gasteiger partial charge in [0.05, 0.1) is 17.6 Å². The predicted molar refractivity (Wildman–Crippen MR) is 126 cm³/mol. The topological polar surface area (TPSA) is 53.4 Å². The summed E-state index contributed by atoms with van der Waals surface area (Å²) in [7, 11) is 16.1. The van der Waals surface area contributed by atoms with E-state index in [1.807, 2.05) is 36.5 Å². The van der Waals surface area contributed by atoms with Crippen molar-refractivity contribution >= 4 is 41.0 Å². The van der Waals surface area contributed by atoms with Crippen molar-refractivity contribution in [2.24, 2.45) is 0 Å². The summed E-state index contributed by atoms with van der Waals surface area (Å²) in [6, 6.07) is 9.58. The molecule has 1 N–H and O–H groups in total. The van der Waals surface area contributed by atoms with Crippen LogP contribution in [0.1, 0.15) is 19.8 Å². The molecule has 1 fully saturated rings. The summed E-state index contributed by atoms with van der Waals surface area (Å²) < 4.78 is 1.48. The Kier molecular flexibility index (Phi) is 9.45. The first-order valence-corrected chi connectivity index (χ1v) is 10.1. The number of benzene rings is 1. The molecule has 2 aromatic rings. The zero-order valence-corrected chi connectivity index (χ0v) is 17.4. The molecule has 1 aliphatic rings. The third-order valence-electron chi connectivity index (χ3n) is 4.63. The molecule has 6 nitrogen and oxygen atoms in total. The number of nitrogens with one attached hydrogen (secondary N) is 1. The number of nitrogens with zero attached hydrogens (tertiary/aromatic N) is 4. The second kappa shape index (κ2) is 11.8. The van der Waals surface area contributed by atoms with Crippen LogP contribution in [0.25, 0.3) is 5.69 Å². The average molecular weight is 385 g/mol. The Morgan fingerprint density at radius 2 is 1.72 bits per heavy atom. The molecule has 0 spiro atoms. The molecule has 1 saturated heterocycles. The van der Waals surface area contributed by atoms with Crippen molar-refractivity contribution in [3.63, 3.8) is 0 Å². The lowest BCUT2D eigenvalue weighted by molar-refractivity contribution is 0.313. The smallest absolute Gasteiger partial charge is 0.296 e. The zero-order valence-electron chi connectivity index (χ0n) is 17.4. The van der Waals surface area contributed by atoms with Gasteiger partial charge in [-0.1, -0.05) is 31.5 Å². The maximum Gasteiger partial charge on any atom is 0.296 e. The fourth-order valence-electron chi connectivity index (χ4n) is 3.04. The number of likely N-dealkylation sites (N-methyl/N-ethyl adjacent to an activating group) is 1. The SMILES string of the molecule is CCCCNc1c(N2CCN(C)CC2)cnn(-c2ccccc2)c1=O.[B]B([B])[B]. The number of rotatable bonds is 6. The molecule has 0 saturated carbocycles. The van der Waals surface area contributed by atoms with Gasteiger partial charge in [0.25, 0.3) is 5.56 Å². The van der Waals surface area contributed by atoms with Crippen LogP contribution in [0.4, 0.5) is 11.4 Å². The highest BCUT2D eigenvalue weighted by molar-refractivity contribution is 7.49. The molecular weight excluding hydrogens is 357 g/mol. The van der Waals surface area contributed by atoms with Gasteiger partial charge in [0, 0.05) is 62.3 Å². The Labute approximate surface area is 178 Å². The summed E-state index contributed by atoms with van der Waals surface area (Å²) in [6.07, 6.45) is 3.29. The zero-order chi connectivity index (χ0) is 21.2. The average Bonchev–Trinajstić information content (AvgIpc) is 2.70. The first-order valence-electron chi connectivity index (χ1n) is 10.1. The molecule has 1 aliphatic heterocycles. The van der Waals surface area contributed by atoms with Crippen molar-refractivity contribution in [3.8, 4) is 5.69 Å². The predicted octanol–water partition coefficient (Wildman–Crippen LogP) is 0.673. The standard InChI is InChI=1S/C19H27N5O.B4/c1-3-4-10-20-18-17(23-13-11-22(2)12-14-23)15-21-24(19(18)25)16-8-6-5-7-9-16;1-4(2)3/h5-9,15,20H,3-4,10-14H2,1-2H3;. The normalized spacial score (nSPS) is 14.1. The fraction of sp³-hybridized carbons (Fsp3) is 0.474. The second-order valence-corrected chi connectivity index (χ2v) is 7.11. The van der Waals surface area contributed by atoms with E-state index in [1.54, 1.807) is 0 Å². The van der Waals surface area contributed by atoms with Crippen molar-refractivity contribution < 1.29 is 0 Å². The molecule has 10 heteroatoms. The van der Waals surface area contributed by atoms with Gasteiger partial charge in [0.1, 0.15) is 5.69 Å². The largest absolute Gasteiger partial charge is 0.379 e. The monoisotopic (exact) mass is 385 g/mol. The number of piperazine rings is 1. The van der Waals surface area contributed by atoms with Gasteiger partial charge < -0.3 is 15.1 Å². The molecule has 0 bridgehead atoms. The molecule has 1 aromatic carbocycles. The van der Waals surface area contributed by atoms with Crippen LogP contribution < -0.4 is 15.8 Å². The van der Waals surface area contributed by atoms with Crippen LogP contribution in [-0.4, -0.2) is 84.0 Å². The summed E-state index contributed by atoms with van der Waals surface area (Å²) in [5.74, 6) is 0. The lowest BCUT2D eigenvalue weighted by atomic mass is 9.08. The molecular formula is C19H27B4N5O. The Balaban J connectivity index is 0.000000687. The molecule has 1 aromatic heterocycles. The lowest BCUT2D eigenvalue weighted by Crippen LogP contribution is -2.45. The van der Waals surface area contributed by atoms with E-state index < -0.39 is 6.39 Å². The van der Waals surface area contributed by atoms with Crippen molar-refractivity contribution in [1.82, 2.24) is 14.7 Å². The summed E-state index contributed by atoms with van der Waals surface area (Å²) >= 11 is 0. The number of anilines is 2. The number of hydrogen-bond acceptors (Lipinski definition) is 5. The van der Waals surface area contributed by atoms with E-state index in [1.165, 1.54) is 4.68 Å². The van der Waals surface area contributed by atoms with Gasteiger partial charge in [-0.25, -0.2) is 0 Å². The molecule has 0 aliphatic carbocycles. The Morgan fingerprint density at radius 3 is 2.31 bits per heavy atom. The van der Waals surface area contributed by atoms with E-state index >= 15 is 0 Å². The number of hydrogen-bond donors (Lipinski definition) is 1. The minimum absolute atomic E-state index is 0.0845. The number of para-hydroxylation sites is 1. The van der Waals surface area contributed by atoms with Crippen LogP contribution in [0.2, 0.25) is 0 Å². The van der Waals surface area contributed by atoms with Crippen molar-refractivity contribution in [2.75, 3.05) is 50.0 Å². The first kappa shape index (κ1) is 23.2. The van der Waals surface area contributed by atoms with Crippen LogP contribution in [-0.2, 0) is 0 Å². The van der Waals surface area contributed by atoms with Crippen LogP contribution in [0.5, 0.6) is 0 Å². The Hall–Kier alpha value is -2.08. The molecule has 2 heterocycles. The molecule has 0 atom stereocenters. The minimum Gasteiger partial charge on any atom is -0.379 e. The third kappa shape index (κ3) is 7.03. The summed E-state index contributed by atoms with van der Waals surface area (Å²) in [4.78, 5) is 17.7. The lowest BCUT2D eigenvalue weighted by Gasteiger charge is -2.34. The van der Waals surface area contributed by atoms with E-state index in [-0.39, 0.29) is 5.56 Å². The minimum atomic E-state index is -0.667. The Morgan fingerprint density at radius 1 is 1.10 bits per heavy atom.